The highest BCUT2D eigenvalue weighted by atomic mass is 15.3. The molecule has 1 atom stereocenters. The van der Waals surface area contributed by atoms with Gasteiger partial charge in [0.2, 0.25) is 0 Å². The first-order chi connectivity index (χ1) is 34.4. The van der Waals surface area contributed by atoms with Gasteiger partial charge in [-0.1, -0.05) is 58.9 Å². The molecule has 14 aliphatic rings. The van der Waals surface area contributed by atoms with Crippen LogP contribution in [0.25, 0.3) is 0 Å². The van der Waals surface area contributed by atoms with Gasteiger partial charge in [-0.25, -0.2) is 0 Å². The van der Waals surface area contributed by atoms with E-state index in [1.54, 1.807) is 0 Å². The van der Waals surface area contributed by atoms with Crippen LogP contribution in [0, 0.1) is 43.8 Å². The fourth-order valence-corrected chi connectivity index (χ4v) is 18.5. The summed E-state index contributed by atoms with van der Waals surface area (Å²) in [6.45, 7) is 36.9. The molecule has 80 heavy (non-hydrogen) atoms. The first-order valence-electron chi connectivity index (χ1n) is 30.3. The third-order valence-corrected chi connectivity index (χ3v) is 21.3. The predicted octanol–water partition coefficient (Wildman–Crippen LogP) is 8.88. The summed E-state index contributed by atoms with van der Waals surface area (Å²) in [5, 5.41) is 0. The highest BCUT2D eigenvalue weighted by Crippen LogP contribution is 2.51. The highest BCUT2D eigenvalue weighted by molar-refractivity contribution is 5.05. The summed E-state index contributed by atoms with van der Waals surface area (Å²) in [6.07, 6.45) is 17.3. The fraction of sp³-hybridized carbons (Fsp3) is 1.00. The quantitative estimate of drug-likeness (QED) is 0.233. The van der Waals surface area contributed by atoms with Crippen molar-refractivity contribution < 1.29 is 0 Å². The van der Waals surface area contributed by atoms with Crippen molar-refractivity contribution in [3.05, 3.63) is 0 Å². The molecule has 0 aromatic carbocycles. The SMILES string of the molecule is C.C.C.C.C.C.C.CC1CC2(C1)CN(C)C2.CN1CC2(C1)CN(C)C2.CN1CCC2(C1)CN(C)C2.CN1CCC2(C1)CN(C)C2.CN1CCC2(CC1)CCN(C)C2.CN1CCC2(CCN(C)C2)C1.CN1CCCC2(CCN(C)C2)C1. The second-order valence-electron chi connectivity index (χ2n) is 30.4. The van der Waals surface area contributed by atoms with Gasteiger partial charge in [0.25, 0.3) is 0 Å². The van der Waals surface area contributed by atoms with Crippen LogP contribution >= 0.6 is 0 Å². The van der Waals surface area contributed by atoms with E-state index in [4.69, 9.17) is 0 Å². The van der Waals surface area contributed by atoms with Gasteiger partial charge in [-0.2, -0.15) is 0 Å². The molecular weight excluding hydrogens is 987 g/mol. The minimum absolute atomic E-state index is 0. The van der Waals surface area contributed by atoms with E-state index in [0.29, 0.717) is 27.1 Å². The van der Waals surface area contributed by atoms with Crippen LogP contribution in [0.1, 0.15) is 136 Å². The van der Waals surface area contributed by atoms with Gasteiger partial charge in [-0.15, -0.1) is 0 Å². The molecule has 7 spiro atoms. The maximum Gasteiger partial charge on any atom is 0.0211 e. The Labute approximate surface area is 503 Å². The van der Waals surface area contributed by atoms with E-state index < -0.39 is 0 Å². The van der Waals surface area contributed by atoms with Gasteiger partial charge in [-0.3, -0.25) is 0 Å². The summed E-state index contributed by atoms with van der Waals surface area (Å²) >= 11 is 0. The van der Waals surface area contributed by atoms with Crippen molar-refractivity contribution in [2.45, 2.75) is 136 Å². The zero-order valence-corrected chi connectivity index (χ0v) is 50.8. The lowest BCUT2D eigenvalue weighted by Gasteiger charge is -2.58. The molecule has 0 aromatic heterocycles. The van der Waals surface area contributed by atoms with Crippen LogP contribution in [0.4, 0.5) is 0 Å². The normalized spacial score (nSPS) is 31.0. The Hall–Kier alpha value is -0.520. The predicted molar refractivity (Wildman–Crippen MR) is 356 cm³/mol. The third kappa shape index (κ3) is 20.3. The smallest absolute Gasteiger partial charge is 0.0211 e. The molecule has 1 aliphatic carbocycles. The standard InChI is InChI=1S/2C10H20N2.C9H18N2.2C8H16N2.C8H15N.C7H14N2.7CH4/c1-11-6-3-10(4-7-11)5-8-12(2)9-10;1-11-6-3-4-10(8-11)5-7-12(2)9-10;1-10-5-3-9(7-10)4-6-11(2)8-9;2*1-9-4-3-8(5-9)6-10(2)7-8;1-7-3-8(4-7)5-9(2)6-8;1-8-3-7(4-8)5-9(2)6-7;;;;;;;/h2*3-9H2,1-2H3;3-8H2,1-2H3;2*3-7H2,1-2H3;7H,3-6H2,1-2H3;3-6H2,1-2H3;7*1H4. The summed E-state index contributed by atoms with van der Waals surface area (Å²) in [4.78, 5) is 31.8. The molecule has 0 amide bonds. The lowest BCUT2D eigenvalue weighted by Crippen LogP contribution is -2.70. The van der Waals surface area contributed by atoms with Crippen LogP contribution < -0.4 is 0 Å². The Morgan fingerprint density at radius 3 is 0.650 bits per heavy atom. The molecule has 13 saturated heterocycles. The molecule has 0 bridgehead atoms. The summed E-state index contributed by atoms with van der Waals surface area (Å²) in [5.41, 5.74) is 5.04. The van der Waals surface area contributed by atoms with E-state index in [1.807, 2.05) is 0 Å². The molecule has 0 radical (unpaired) electrons. The van der Waals surface area contributed by atoms with Crippen LogP contribution in [-0.4, -0.2) is 325 Å². The van der Waals surface area contributed by atoms with E-state index in [2.05, 4.69) is 162 Å². The minimum atomic E-state index is 0. The van der Waals surface area contributed by atoms with Gasteiger partial charge in [0.1, 0.15) is 0 Å². The summed E-state index contributed by atoms with van der Waals surface area (Å²) in [6, 6.07) is 0. The summed E-state index contributed by atoms with van der Waals surface area (Å²) < 4.78 is 0. The molecule has 13 heterocycles. The van der Waals surface area contributed by atoms with Gasteiger partial charge in [0, 0.05) is 128 Å². The van der Waals surface area contributed by atoms with Crippen molar-refractivity contribution in [1.82, 2.24) is 63.7 Å². The second kappa shape index (κ2) is 31.9. The summed E-state index contributed by atoms with van der Waals surface area (Å²) in [5.74, 6) is 1.03. The van der Waals surface area contributed by atoms with Crippen LogP contribution in [0.15, 0.2) is 0 Å². The van der Waals surface area contributed by atoms with Crippen LogP contribution in [0.3, 0.4) is 0 Å². The van der Waals surface area contributed by atoms with Crippen LogP contribution in [0.2, 0.25) is 0 Å². The molecule has 0 aromatic rings. The van der Waals surface area contributed by atoms with Crippen molar-refractivity contribution in [2.24, 2.45) is 43.8 Å². The minimum Gasteiger partial charge on any atom is -0.306 e. The van der Waals surface area contributed by atoms with Crippen molar-refractivity contribution >= 4 is 0 Å². The second-order valence-corrected chi connectivity index (χ2v) is 30.4. The fourth-order valence-electron chi connectivity index (χ4n) is 18.5. The zero-order valence-electron chi connectivity index (χ0n) is 50.8. The molecule has 1 saturated carbocycles. The van der Waals surface area contributed by atoms with Gasteiger partial charge < -0.3 is 63.7 Å². The molecule has 13 aliphatic heterocycles. The van der Waals surface area contributed by atoms with Crippen molar-refractivity contribution in [1.29, 1.82) is 0 Å². The zero-order chi connectivity index (χ0) is 52.5. The Morgan fingerprint density at radius 2 is 0.400 bits per heavy atom. The molecule has 14 rings (SSSR count). The third-order valence-electron chi connectivity index (χ3n) is 21.3. The number of hydrogen-bond acceptors (Lipinski definition) is 13. The topological polar surface area (TPSA) is 42.1 Å². The lowest BCUT2D eigenvalue weighted by molar-refractivity contribution is -0.0926. The molecule has 0 N–H and O–H groups in total. The molecule has 14 fully saturated rings. The van der Waals surface area contributed by atoms with E-state index >= 15 is 0 Å². The molecule has 13 heteroatoms. The first kappa shape index (κ1) is 77.5. The highest BCUT2D eigenvalue weighted by Gasteiger charge is 2.50. The molecule has 1 unspecified atom stereocenters. The molecule has 13 nitrogen and oxygen atoms in total. The number of nitrogens with zero attached hydrogens (tertiary/aromatic N) is 13. The van der Waals surface area contributed by atoms with E-state index in [-0.39, 0.29) is 52.0 Å². The van der Waals surface area contributed by atoms with E-state index in [1.165, 1.54) is 247 Å². The van der Waals surface area contributed by atoms with Gasteiger partial charge >= 0.3 is 0 Å². The first-order valence-corrected chi connectivity index (χ1v) is 30.3. The Morgan fingerprint density at radius 1 is 0.200 bits per heavy atom. The maximum atomic E-state index is 2.50. The van der Waals surface area contributed by atoms with Crippen molar-refractivity contribution in [3.8, 4) is 0 Å². The number of hydrogen-bond donors (Lipinski definition) is 0. The maximum absolute atomic E-state index is 2.50. The van der Waals surface area contributed by atoms with Gasteiger partial charge in [0.15, 0.2) is 0 Å². The molecular formula is C67H147N13. The van der Waals surface area contributed by atoms with Gasteiger partial charge in [0.05, 0.1) is 0 Å². The van der Waals surface area contributed by atoms with Crippen molar-refractivity contribution in [3.63, 3.8) is 0 Å². The monoisotopic (exact) mass is 1130 g/mol. The largest absolute Gasteiger partial charge is 0.306 e. The number of rotatable bonds is 0. The Kier molecular flexibility index (Phi) is 30.9. The Bertz CT molecular complexity index is 1550. The average Bonchev–Trinajstić information content (AvgIpc) is 4.14. The number of likely N-dealkylation sites (tertiary alicyclic amines) is 13. The van der Waals surface area contributed by atoms with E-state index in [9.17, 15) is 0 Å². The van der Waals surface area contributed by atoms with Crippen molar-refractivity contribution in [2.75, 3.05) is 262 Å². The van der Waals surface area contributed by atoms with Gasteiger partial charge in [-0.05, 0) is 255 Å². The number of piperidine rings is 2. The van der Waals surface area contributed by atoms with Crippen LogP contribution in [0.5, 0.6) is 0 Å². The van der Waals surface area contributed by atoms with E-state index in [0.717, 1.165) is 16.7 Å². The summed E-state index contributed by atoms with van der Waals surface area (Å²) in [7, 11) is 29.0. The Balaban J connectivity index is 0.000000461. The lowest BCUT2D eigenvalue weighted by atomic mass is 9.58. The van der Waals surface area contributed by atoms with Crippen LogP contribution in [-0.2, 0) is 0 Å². The average molecular weight is 1140 g/mol. The molecule has 480 valence electrons.